The molecule has 2 N–H and O–H groups in total. The van der Waals surface area contributed by atoms with Gasteiger partial charge in [-0.15, -0.1) is 0 Å². The van der Waals surface area contributed by atoms with Crippen molar-refractivity contribution in [2.45, 2.75) is 40.7 Å². The molecule has 18 heavy (non-hydrogen) atoms. The van der Waals surface area contributed by atoms with Crippen molar-refractivity contribution >= 4 is 22.9 Å². The normalized spacial score (nSPS) is 12.4. The molecule has 1 aromatic rings. The van der Waals surface area contributed by atoms with Gasteiger partial charge in [0.25, 0.3) is 0 Å². The zero-order chi connectivity index (χ0) is 13.9. The van der Waals surface area contributed by atoms with E-state index in [1.54, 1.807) is 5.01 Å². The molecule has 0 unspecified atom stereocenters. The van der Waals surface area contributed by atoms with Crippen LogP contribution in [0.25, 0.3) is 5.57 Å². The quantitative estimate of drug-likeness (QED) is 0.643. The summed E-state index contributed by atoms with van der Waals surface area (Å²) in [7, 11) is 0. The molecule has 0 radical (unpaired) electrons. The molecule has 0 heterocycles. The van der Waals surface area contributed by atoms with Crippen LogP contribution in [0.4, 0.5) is 5.69 Å². The van der Waals surface area contributed by atoms with Crippen LogP contribution in [0.1, 0.15) is 40.2 Å². The lowest BCUT2D eigenvalue weighted by atomic mass is 9.93. The minimum absolute atomic E-state index is 0.246. The molecule has 0 atom stereocenters. The molecule has 1 aromatic carbocycles. The second-order valence-electron chi connectivity index (χ2n) is 5.06. The number of hydrazine groups is 1. The first-order valence-corrected chi connectivity index (χ1v) is 6.76. The van der Waals surface area contributed by atoms with Crippen LogP contribution < -0.4 is 10.9 Å². The Labute approximate surface area is 115 Å². The van der Waals surface area contributed by atoms with E-state index in [1.165, 1.54) is 5.57 Å². The molecular weight excluding hydrogens is 244 g/mol. The highest BCUT2D eigenvalue weighted by Crippen LogP contribution is 2.33. The van der Waals surface area contributed by atoms with Gasteiger partial charge in [0, 0.05) is 16.6 Å². The summed E-state index contributed by atoms with van der Waals surface area (Å²) < 4.78 is 0. The number of nitrogens with two attached hydrogens (primary N) is 1. The molecule has 1 rings (SSSR count). The van der Waals surface area contributed by atoms with Crippen LogP contribution in [0.5, 0.6) is 0 Å². The maximum Gasteiger partial charge on any atom is 0.0596 e. The van der Waals surface area contributed by atoms with Crippen molar-refractivity contribution in [1.29, 1.82) is 0 Å². The smallest absolute Gasteiger partial charge is 0.0596 e. The Bertz CT molecular complexity index is 436. The maximum absolute atomic E-state index is 6.14. The van der Waals surface area contributed by atoms with Crippen LogP contribution in [0.15, 0.2) is 24.3 Å². The molecule has 0 fully saturated rings. The Morgan fingerprint density at radius 1 is 1.28 bits per heavy atom. The number of nitrogens with zero attached hydrogens (tertiary/aromatic N) is 1. The molecule has 0 aliphatic heterocycles. The minimum Gasteiger partial charge on any atom is -0.308 e. The third kappa shape index (κ3) is 3.27. The van der Waals surface area contributed by atoms with Gasteiger partial charge in [0.15, 0.2) is 0 Å². The number of hydrogen-bond acceptors (Lipinski definition) is 2. The second-order valence-corrected chi connectivity index (χ2v) is 5.50. The van der Waals surface area contributed by atoms with Gasteiger partial charge in [0.1, 0.15) is 0 Å². The van der Waals surface area contributed by atoms with Crippen LogP contribution in [-0.2, 0) is 0 Å². The van der Waals surface area contributed by atoms with Crippen molar-refractivity contribution in [1.82, 2.24) is 0 Å². The van der Waals surface area contributed by atoms with Gasteiger partial charge in [-0.1, -0.05) is 31.5 Å². The molecule has 0 saturated carbocycles. The van der Waals surface area contributed by atoms with Crippen molar-refractivity contribution in [3.63, 3.8) is 0 Å². The van der Waals surface area contributed by atoms with Crippen LogP contribution in [0, 0.1) is 5.92 Å². The summed E-state index contributed by atoms with van der Waals surface area (Å²) >= 11 is 6.12. The van der Waals surface area contributed by atoms with Crippen LogP contribution in [-0.4, -0.2) is 6.04 Å². The van der Waals surface area contributed by atoms with Gasteiger partial charge >= 0.3 is 0 Å². The number of halogens is 1. The molecule has 0 bridgehead atoms. The summed E-state index contributed by atoms with van der Waals surface area (Å²) in [5.74, 6) is 6.58. The van der Waals surface area contributed by atoms with E-state index in [9.17, 15) is 0 Å². The van der Waals surface area contributed by atoms with E-state index in [1.807, 2.05) is 18.2 Å². The molecule has 0 amide bonds. The van der Waals surface area contributed by atoms with Crippen molar-refractivity contribution in [3.8, 4) is 0 Å². The van der Waals surface area contributed by atoms with E-state index in [0.29, 0.717) is 5.92 Å². The minimum atomic E-state index is 0.246. The summed E-state index contributed by atoms with van der Waals surface area (Å²) in [6, 6.07) is 6.11. The number of benzene rings is 1. The lowest BCUT2D eigenvalue weighted by Crippen LogP contribution is -2.38. The predicted molar refractivity (Wildman–Crippen MR) is 81.7 cm³/mol. The monoisotopic (exact) mass is 266 g/mol. The van der Waals surface area contributed by atoms with Crippen molar-refractivity contribution < 1.29 is 0 Å². The van der Waals surface area contributed by atoms with Gasteiger partial charge in [-0.2, -0.15) is 0 Å². The fourth-order valence-corrected chi connectivity index (χ4v) is 2.21. The average Bonchev–Trinajstić information content (AvgIpc) is 2.28. The highest BCUT2D eigenvalue weighted by Gasteiger charge is 2.16. The first kappa shape index (κ1) is 15.1. The van der Waals surface area contributed by atoms with Gasteiger partial charge < -0.3 is 5.01 Å². The number of anilines is 1. The maximum atomic E-state index is 6.14. The van der Waals surface area contributed by atoms with Crippen molar-refractivity contribution in [2.24, 2.45) is 11.8 Å². The first-order valence-electron chi connectivity index (χ1n) is 6.38. The second kappa shape index (κ2) is 6.26. The Hall–Kier alpha value is -0.990. The van der Waals surface area contributed by atoms with E-state index < -0.39 is 0 Å². The highest BCUT2D eigenvalue weighted by atomic mass is 35.5. The third-order valence-electron chi connectivity index (χ3n) is 3.04. The molecular formula is C15H23ClN2. The molecule has 0 aliphatic rings. The third-order valence-corrected chi connectivity index (χ3v) is 3.27. The Kier molecular flexibility index (Phi) is 5.24. The molecule has 0 aliphatic carbocycles. The van der Waals surface area contributed by atoms with E-state index in [4.69, 9.17) is 17.4 Å². The van der Waals surface area contributed by atoms with E-state index >= 15 is 0 Å². The zero-order valence-corrected chi connectivity index (χ0v) is 12.6. The molecule has 0 saturated heterocycles. The Morgan fingerprint density at radius 2 is 1.89 bits per heavy atom. The van der Waals surface area contributed by atoms with Gasteiger partial charge in [-0.05, 0) is 50.5 Å². The Balaban J connectivity index is 3.36. The van der Waals surface area contributed by atoms with Gasteiger partial charge in [-0.3, -0.25) is 0 Å². The largest absolute Gasteiger partial charge is 0.308 e. The summed E-state index contributed by atoms with van der Waals surface area (Å²) in [6.45, 7) is 10.6. The predicted octanol–water partition coefficient (Wildman–Crippen LogP) is 4.49. The van der Waals surface area contributed by atoms with E-state index in [0.717, 1.165) is 16.3 Å². The van der Waals surface area contributed by atoms with Crippen LogP contribution in [0.2, 0.25) is 5.02 Å². The van der Waals surface area contributed by atoms with Crippen molar-refractivity contribution in [2.75, 3.05) is 5.01 Å². The van der Waals surface area contributed by atoms with Gasteiger partial charge in [0.05, 0.1) is 5.69 Å². The lowest BCUT2D eigenvalue weighted by molar-refractivity contribution is 0.709. The average molecular weight is 267 g/mol. The highest BCUT2D eigenvalue weighted by molar-refractivity contribution is 6.30. The SMILES string of the molecule is C/C=C(\c1cc(Cl)ccc1N(N)C(C)C)C(C)C. The molecule has 2 nitrogen and oxygen atoms in total. The number of hydrogen-bond donors (Lipinski definition) is 1. The molecule has 0 aromatic heterocycles. The topological polar surface area (TPSA) is 29.3 Å². The first-order chi connectivity index (χ1) is 8.38. The standard InChI is InChI=1S/C15H23ClN2/c1-6-13(10(2)3)14-9-12(16)7-8-15(14)18(17)11(4)5/h6-11H,17H2,1-5H3/b13-6-. The molecule has 0 spiro atoms. The fourth-order valence-electron chi connectivity index (χ4n) is 2.04. The summed E-state index contributed by atoms with van der Waals surface area (Å²) in [4.78, 5) is 0. The van der Waals surface area contributed by atoms with Gasteiger partial charge in [0.2, 0.25) is 0 Å². The summed E-state index contributed by atoms with van der Waals surface area (Å²) in [5.41, 5.74) is 3.41. The Morgan fingerprint density at radius 3 is 2.33 bits per heavy atom. The van der Waals surface area contributed by atoms with Gasteiger partial charge in [-0.25, -0.2) is 5.84 Å². The number of rotatable bonds is 4. The summed E-state index contributed by atoms with van der Waals surface area (Å²) in [6.07, 6.45) is 2.13. The van der Waals surface area contributed by atoms with Crippen molar-refractivity contribution in [3.05, 3.63) is 34.9 Å². The van der Waals surface area contributed by atoms with E-state index in [2.05, 4.69) is 40.7 Å². The summed E-state index contributed by atoms with van der Waals surface area (Å²) in [5, 5.41) is 2.53. The van der Waals surface area contributed by atoms with Crippen LogP contribution in [0.3, 0.4) is 0 Å². The van der Waals surface area contributed by atoms with Crippen LogP contribution >= 0.6 is 11.6 Å². The zero-order valence-electron chi connectivity index (χ0n) is 11.9. The lowest BCUT2D eigenvalue weighted by Gasteiger charge is -2.27. The number of allylic oxidation sites excluding steroid dienone is 2. The molecule has 3 heteroatoms. The molecule has 100 valence electrons. The fraction of sp³-hybridized carbons (Fsp3) is 0.467. The van der Waals surface area contributed by atoms with E-state index in [-0.39, 0.29) is 6.04 Å².